The van der Waals surface area contributed by atoms with Crippen molar-refractivity contribution in [3.63, 3.8) is 0 Å². The number of carbonyl (C=O) groups is 2. The smallest absolute Gasteiger partial charge is 0.339 e. The first kappa shape index (κ1) is 14.9. The number of hydrogen-bond acceptors (Lipinski definition) is 5. The summed E-state index contributed by atoms with van der Waals surface area (Å²) in [5, 5.41) is 8.98. The summed E-state index contributed by atoms with van der Waals surface area (Å²) in [7, 11) is -4.76. The number of aromatic carboxylic acids is 1. The molecule has 7 nitrogen and oxygen atoms in total. The van der Waals surface area contributed by atoms with E-state index in [4.69, 9.17) is 9.66 Å². The van der Waals surface area contributed by atoms with Crippen LogP contribution < -0.4 is 0 Å². The lowest BCUT2D eigenvalue weighted by atomic mass is 10.1. The Bertz CT molecular complexity index is 630. The molecule has 1 rings (SSSR count). The van der Waals surface area contributed by atoms with E-state index in [0.29, 0.717) is 0 Å². The zero-order valence-electron chi connectivity index (χ0n) is 9.57. The van der Waals surface area contributed by atoms with Crippen LogP contribution in [-0.4, -0.2) is 36.6 Å². The molecule has 19 heavy (non-hydrogen) atoms. The van der Waals surface area contributed by atoms with E-state index in [2.05, 4.69) is 11.3 Å². The van der Waals surface area contributed by atoms with Crippen molar-refractivity contribution in [3.05, 3.63) is 42.0 Å². The number of ether oxygens (including phenoxy) is 1. The van der Waals surface area contributed by atoms with Gasteiger partial charge in [0.2, 0.25) is 0 Å². The van der Waals surface area contributed by atoms with Gasteiger partial charge >= 0.3 is 11.9 Å². The van der Waals surface area contributed by atoms with Crippen LogP contribution in [0.2, 0.25) is 0 Å². The summed E-state index contributed by atoms with van der Waals surface area (Å²) in [6.45, 7) is 3.15. The van der Waals surface area contributed by atoms with Crippen molar-refractivity contribution >= 4 is 22.1 Å². The second-order valence-corrected chi connectivity index (χ2v) is 4.74. The molecule has 8 heteroatoms. The molecule has 0 aliphatic rings. The molecule has 0 spiro atoms. The second-order valence-electron chi connectivity index (χ2n) is 3.35. The second kappa shape index (κ2) is 5.63. The lowest BCUT2D eigenvalue weighted by Crippen LogP contribution is -2.16. The Hall–Kier alpha value is -2.19. The number of esters is 1. The lowest BCUT2D eigenvalue weighted by Gasteiger charge is -2.08. The van der Waals surface area contributed by atoms with Crippen molar-refractivity contribution in [2.24, 2.45) is 0 Å². The predicted molar refractivity (Wildman–Crippen MR) is 63.7 cm³/mol. The number of rotatable bonds is 5. The fourth-order valence-corrected chi connectivity index (χ4v) is 2.05. The third-order valence-corrected chi connectivity index (χ3v) is 2.97. The van der Waals surface area contributed by atoms with Crippen LogP contribution >= 0.6 is 0 Å². The molecule has 102 valence electrons. The molecule has 0 atom stereocenters. The zero-order chi connectivity index (χ0) is 14.6. The van der Waals surface area contributed by atoms with Crippen LogP contribution in [0.1, 0.15) is 20.7 Å². The number of benzene rings is 1. The summed E-state index contributed by atoms with van der Waals surface area (Å²) < 4.78 is 35.7. The Morgan fingerprint density at radius 3 is 2.47 bits per heavy atom. The standard InChI is InChI=1S/C11H10O7S/c1-2-6-18-11(14)7-4-3-5-8(19(15,16)17)9(7)10(12)13/h2-5H,1,6H2,(H,12,13)(H,15,16,17). The minimum absolute atomic E-state index is 0.159. The molecule has 0 saturated heterocycles. The highest BCUT2D eigenvalue weighted by Crippen LogP contribution is 2.20. The van der Waals surface area contributed by atoms with Crippen molar-refractivity contribution in [2.45, 2.75) is 4.90 Å². The van der Waals surface area contributed by atoms with E-state index < -0.39 is 38.1 Å². The molecule has 2 N–H and O–H groups in total. The Balaban J connectivity index is 3.45. The first-order chi connectivity index (χ1) is 8.79. The maximum Gasteiger partial charge on any atom is 0.339 e. The van der Waals surface area contributed by atoms with Gasteiger partial charge in [0.1, 0.15) is 11.5 Å². The van der Waals surface area contributed by atoms with E-state index in [0.717, 1.165) is 18.2 Å². The van der Waals surface area contributed by atoms with E-state index in [1.807, 2.05) is 0 Å². The van der Waals surface area contributed by atoms with Crippen LogP contribution in [0.25, 0.3) is 0 Å². The van der Waals surface area contributed by atoms with Crippen LogP contribution in [0, 0.1) is 0 Å². The van der Waals surface area contributed by atoms with Crippen LogP contribution in [0.15, 0.2) is 35.7 Å². The molecule has 1 aromatic rings. The van der Waals surface area contributed by atoms with Crippen LogP contribution in [-0.2, 0) is 14.9 Å². The molecule has 0 aromatic heterocycles. The van der Waals surface area contributed by atoms with Crippen molar-refractivity contribution in [1.29, 1.82) is 0 Å². The van der Waals surface area contributed by atoms with E-state index in [9.17, 15) is 18.0 Å². The van der Waals surface area contributed by atoms with E-state index in [1.54, 1.807) is 0 Å². The molecule has 0 saturated carbocycles. The third kappa shape index (κ3) is 3.39. The molecule has 0 fully saturated rings. The number of carboxylic acids is 1. The maximum absolute atomic E-state index is 11.6. The summed E-state index contributed by atoms with van der Waals surface area (Å²) in [6.07, 6.45) is 1.27. The Labute approximate surface area is 108 Å². The van der Waals surface area contributed by atoms with Crippen LogP contribution in [0.5, 0.6) is 0 Å². The molecule has 0 radical (unpaired) electrons. The predicted octanol–water partition coefficient (Wildman–Crippen LogP) is 0.974. The average Bonchev–Trinajstić information content (AvgIpc) is 2.33. The summed E-state index contributed by atoms with van der Waals surface area (Å²) in [5.74, 6) is -2.69. The largest absolute Gasteiger partial charge is 0.478 e. The van der Waals surface area contributed by atoms with Crippen molar-refractivity contribution in [2.75, 3.05) is 6.61 Å². The molecule has 0 unspecified atom stereocenters. The fourth-order valence-electron chi connectivity index (χ4n) is 1.35. The minimum Gasteiger partial charge on any atom is -0.478 e. The molecule has 1 aromatic carbocycles. The van der Waals surface area contributed by atoms with Gasteiger partial charge in [0, 0.05) is 0 Å². The number of hydrogen-bond donors (Lipinski definition) is 2. The summed E-state index contributed by atoms with van der Waals surface area (Å²) >= 11 is 0. The van der Waals surface area contributed by atoms with Gasteiger partial charge in [0.15, 0.2) is 0 Å². The van der Waals surface area contributed by atoms with E-state index in [1.165, 1.54) is 6.08 Å². The highest BCUT2D eigenvalue weighted by Gasteiger charge is 2.26. The lowest BCUT2D eigenvalue weighted by molar-refractivity contribution is 0.0535. The van der Waals surface area contributed by atoms with Gasteiger partial charge in [0.25, 0.3) is 10.1 Å². The summed E-state index contributed by atoms with van der Waals surface area (Å²) in [5.41, 5.74) is -1.30. The maximum atomic E-state index is 11.6. The number of carboxylic acid groups (broad SMARTS) is 1. The van der Waals surface area contributed by atoms with Crippen molar-refractivity contribution in [1.82, 2.24) is 0 Å². The van der Waals surface area contributed by atoms with Gasteiger partial charge in [0.05, 0.1) is 11.1 Å². The highest BCUT2D eigenvalue weighted by atomic mass is 32.2. The van der Waals surface area contributed by atoms with Gasteiger partial charge in [-0.15, -0.1) is 0 Å². The molecule has 0 amide bonds. The Morgan fingerprint density at radius 1 is 1.37 bits per heavy atom. The highest BCUT2D eigenvalue weighted by molar-refractivity contribution is 7.86. The molecule has 0 aliphatic carbocycles. The van der Waals surface area contributed by atoms with E-state index >= 15 is 0 Å². The molecule has 0 heterocycles. The molecular weight excluding hydrogens is 276 g/mol. The van der Waals surface area contributed by atoms with Gasteiger partial charge in [-0.25, -0.2) is 9.59 Å². The first-order valence-corrected chi connectivity index (χ1v) is 6.35. The minimum atomic E-state index is -4.76. The van der Waals surface area contributed by atoms with Gasteiger partial charge in [-0.3, -0.25) is 4.55 Å². The third-order valence-electron chi connectivity index (χ3n) is 2.07. The molecule has 0 bridgehead atoms. The normalized spacial score (nSPS) is 10.8. The summed E-state index contributed by atoms with van der Waals surface area (Å²) in [6, 6.07) is 3.09. The van der Waals surface area contributed by atoms with Gasteiger partial charge in [-0.05, 0) is 12.1 Å². The van der Waals surface area contributed by atoms with Crippen LogP contribution in [0.4, 0.5) is 0 Å². The van der Waals surface area contributed by atoms with Gasteiger partial charge < -0.3 is 9.84 Å². The van der Waals surface area contributed by atoms with Crippen molar-refractivity contribution in [3.8, 4) is 0 Å². The monoisotopic (exact) mass is 286 g/mol. The first-order valence-electron chi connectivity index (χ1n) is 4.91. The molecule has 0 aliphatic heterocycles. The summed E-state index contributed by atoms with van der Waals surface area (Å²) in [4.78, 5) is 21.8. The molecular formula is C11H10O7S. The Morgan fingerprint density at radius 2 is 2.00 bits per heavy atom. The quantitative estimate of drug-likeness (QED) is 0.470. The van der Waals surface area contributed by atoms with Crippen molar-refractivity contribution < 1.29 is 32.4 Å². The van der Waals surface area contributed by atoms with E-state index in [-0.39, 0.29) is 6.61 Å². The Kier molecular flexibility index (Phi) is 4.41. The number of carbonyl (C=O) groups excluding carboxylic acids is 1. The topological polar surface area (TPSA) is 118 Å². The average molecular weight is 286 g/mol. The zero-order valence-corrected chi connectivity index (χ0v) is 10.4. The fraction of sp³-hybridized carbons (Fsp3) is 0.0909. The van der Waals surface area contributed by atoms with Gasteiger partial charge in [-0.1, -0.05) is 18.7 Å². The SMILES string of the molecule is C=CCOC(=O)c1cccc(S(=O)(=O)O)c1C(=O)O. The van der Waals surface area contributed by atoms with Crippen LogP contribution in [0.3, 0.4) is 0 Å². The van der Waals surface area contributed by atoms with Gasteiger partial charge in [-0.2, -0.15) is 8.42 Å².